The molecule has 0 aliphatic heterocycles. The van der Waals surface area contributed by atoms with Crippen LogP contribution < -0.4 is 5.32 Å². The van der Waals surface area contributed by atoms with Crippen molar-refractivity contribution in [3.05, 3.63) is 71.7 Å². The van der Waals surface area contributed by atoms with E-state index in [-0.39, 0.29) is 5.91 Å². The summed E-state index contributed by atoms with van der Waals surface area (Å²) in [5, 5.41) is 9.73. The lowest BCUT2D eigenvalue weighted by Crippen LogP contribution is -2.18. The van der Waals surface area contributed by atoms with Gasteiger partial charge in [0.2, 0.25) is 5.91 Å². The SMILES string of the molecule is Cc1cc(C)nc(-n2nc(C)cc2NC(=O)CSc2ccc3ccccc3c2)n1. The summed E-state index contributed by atoms with van der Waals surface area (Å²) >= 11 is 1.50. The molecule has 7 heteroatoms. The Morgan fingerprint density at radius 1 is 0.931 bits per heavy atom. The molecule has 29 heavy (non-hydrogen) atoms. The molecular formula is C22H21N5OS. The summed E-state index contributed by atoms with van der Waals surface area (Å²) < 4.78 is 1.58. The molecule has 4 rings (SSSR count). The summed E-state index contributed by atoms with van der Waals surface area (Å²) in [4.78, 5) is 22.5. The number of aryl methyl sites for hydroxylation is 3. The van der Waals surface area contributed by atoms with Gasteiger partial charge in [0, 0.05) is 22.3 Å². The first-order valence-corrected chi connectivity index (χ1v) is 10.3. The number of rotatable bonds is 5. The number of benzene rings is 2. The zero-order valence-electron chi connectivity index (χ0n) is 16.5. The molecule has 4 aromatic rings. The number of nitrogens with zero attached hydrogens (tertiary/aromatic N) is 4. The maximum Gasteiger partial charge on any atom is 0.252 e. The highest BCUT2D eigenvalue weighted by molar-refractivity contribution is 8.00. The van der Waals surface area contributed by atoms with Gasteiger partial charge in [-0.1, -0.05) is 30.3 Å². The van der Waals surface area contributed by atoms with Crippen LogP contribution in [0.5, 0.6) is 0 Å². The molecular weight excluding hydrogens is 382 g/mol. The molecule has 1 N–H and O–H groups in total. The predicted octanol–water partition coefficient (Wildman–Crippen LogP) is 4.47. The molecule has 2 heterocycles. The van der Waals surface area contributed by atoms with Crippen molar-refractivity contribution in [1.82, 2.24) is 19.7 Å². The minimum absolute atomic E-state index is 0.103. The molecule has 146 valence electrons. The Morgan fingerprint density at radius 2 is 1.66 bits per heavy atom. The quantitative estimate of drug-likeness (QED) is 0.498. The van der Waals surface area contributed by atoms with Crippen LogP contribution in [0.25, 0.3) is 16.7 Å². The van der Waals surface area contributed by atoms with E-state index in [0.29, 0.717) is 17.5 Å². The smallest absolute Gasteiger partial charge is 0.252 e. The third kappa shape index (κ3) is 4.46. The third-order valence-corrected chi connectivity index (χ3v) is 5.34. The second kappa shape index (κ2) is 8.05. The summed E-state index contributed by atoms with van der Waals surface area (Å²) in [5.74, 6) is 1.22. The number of fused-ring (bicyclic) bond motifs is 1. The molecule has 0 fully saturated rings. The van der Waals surface area contributed by atoms with E-state index in [1.54, 1.807) is 4.68 Å². The van der Waals surface area contributed by atoms with Crippen LogP contribution in [0.15, 0.2) is 59.5 Å². The van der Waals surface area contributed by atoms with Gasteiger partial charge in [-0.25, -0.2) is 9.97 Å². The van der Waals surface area contributed by atoms with Gasteiger partial charge in [0.15, 0.2) is 0 Å². The van der Waals surface area contributed by atoms with E-state index in [1.807, 2.05) is 51.1 Å². The number of anilines is 1. The van der Waals surface area contributed by atoms with Gasteiger partial charge in [-0.05, 0) is 49.7 Å². The number of nitrogens with one attached hydrogen (secondary N) is 1. The molecule has 0 radical (unpaired) electrons. The van der Waals surface area contributed by atoms with E-state index in [2.05, 4.69) is 44.6 Å². The number of hydrogen-bond donors (Lipinski definition) is 1. The van der Waals surface area contributed by atoms with Crippen molar-refractivity contribution in [3.8, 4) is 5.95 Å². The first kappa shape index (κ1) is 19.1. The van der Waals surface area contributed by atoms with E-state index >= 15 is 0 Å². The first-order chi connectivity index (χ1) is 14.0. The predicted molar refractivity (Wildman–Crippen MR) is 117 cm³/mol. The Hall–Kier alpha value is -3.19. The lowest BCUT2D eigenvalue weighted by Gasteiger charge is -2.09. The monoisotopic (exact) mass is 403 g/mol. The largest absolute Gasteiger partial charge is 0.310 e. The summed E-state index contributed by atoms with van der Waals surface area (Å²) in [6.07, 6.45) is 0. The van der Waals surface area contributed by atoms with Crippen molar-refractivity contribution in [3.63, 3.8) is 0 Å². The standard InChI is InChI=1S/C22H21N5OS/c1-14-10-15(2)24-22(23-14)27-20(11-16(3)26-27)25-21(28)13-29-19-9-8-17-6-4-5-7-18(17)12-19/h4-12H,13H2,1-3H3,(H,25,28). The van der Waals surface area contributed by atoms with Crippen LogP contribution in [0.2, 0.25) is 0 Å². The summed E-state index contributed by atoms with van der Waals surface area (Å²) in [6.45, 7) is 5.69. The maximum absolute atomic E-state index is 12.6. The Morgan fingerprint density at radius 3 is 2.41 bits per heavy atom. The highest BCUT2D eigenvalue weighted by atomic mass is 32.2. The topological polar surface area (TPSA) is 72.7 Å². The summed E-state index contributed by atoms with van der Waals surface area (Å²) in [7, 11) is 0. The molecule has 0 aliphatic carbocycles. The maximum atomic E-state index is 12.6. The van der Waals surface area contributed by atoms with Crippen molar-refractivity contribution in [2.45, 2.75) is 25.7 Å². The molecule has 1 amide bonds. The number of aromatic nitrogens is 4. The second-order valence-corrected chi connectivity index (χ2v) is 7.93. The molecule has 6 nitrogen and oxygen atoms in total. The van der Waals surface area contributed by atoms with Crippen LogP contribution in [0, 0.1) is 20.8 Å². The highest BCUT2D eigenvalue weighted by Gasteiger charge is 2.14. The molecule has 0 aliphatic rings. The number of hydrogen-bond acceptors (Lipinski definition) is 5. The van der Waals surface area contributed by atoms with Gasteiger partial charge in [0.25, 0.3) is 5.95 Å². The van der Waals surface area contributed by atoms with Gasteiger partial charge in [0.05, 0.1) is 11.4 Å². The number of carbonyl (C=O) groups is 1. The van der Waals surface area contributed by atoms with Crippen molar-refractivity contribution in [2.75, 3.05) is 11.1 Å². The first-order valence-electron chi connectivity index (χ1n) is 9.29. The molecule has 2 aromatic heterocycles. The van der Waals surface area contributed by atoms with Crippen LogP contribution in [-0.4, -0.2) is 31.4 Å². The van der Waals surface area contributed by atoms with Crippen LogP contribution in [0.4, 0.5) is 5.82 Å². The third-order valence-electron chi connectivity index (χ3n) is 4.35. The van der Waals surface area contributed by atoms with Gasteiger partial charge in [-0.3, -0.25) is 4.79 Å². The Labute approximate surface area is 173 Å². The Bertz CT molecular complexity index is 1180. The van der Waals surface area contributed by atoms with E-state index < -0.39 is 0 Å². The van der Waals surface area contributed by atoms with Crippen molar-refractivity contribution >= 4 is 34.3 Å². The number of thioether (sulfide) groups is 1. The minimum atomic E-state index is -0.103. The number of carbonyl (C=O) groups excluding carboxylic acids is 1. The van der Waals surface area contributed by atoms with Gasteiger partial charge >= 0.3 is 0 Å². The van der Waals surface area contributed by atoms with Crippen molar-refractivity contribution in [2.24, 2.45) is 0 Å². The summed E-state index contributed by atoms with van der Waals surface area (Å²) in [5.41, 5.74) is 2.49. The van der Waals surface area contributed by atoms with E-state index in [1.165, 1.54) is 22.5 Å². The van der Waals surface area contributed by atoms with Crippen molar-refractivity contribution < 1.29 is 4.79 Å². The van der Waals surface area contributed by atoms with Crippen LogP contribution in [-0.2, 0) is 4.79 Å². The lowest BCUT2D eigenvalue weighted by atomic mass is 10.1. The normalized spacial score (nSPS) is 11.0. The van der Waals surface area contributed by atoms with E-state index in [4.69, 9.17) is 0 Å². The minimum Gasteiger partial charge on any atom is -0.310 e. The van der Waals surface area contributed by atoms with Crippen LogP contribution in [0.3, 0.4) is 0 Å². The van der Waals surface area contributed by atoms with E-state index in [0.717, 1.165) is 22.0 Å². The van der Waals surface area contributed by atoms with Gasteiger partial charge < -0.3 is 5.32 Å². The summed E-state index contributed by atoms with van der Waals surface area (Å²) in [6, 6.07) is 18.1. The molecule has 0 saturated carbocycles. The van der Waals surface area contributed by atoms with Gasteiger partial charge in [-0.2, -0.15) is 9.78 Å². The van der Waals surface area contributed by atoms with E-state index in [9.17, 15) is 4.79 Å². The number of amides is 1. The average molecular weight is 404 g/mol. The molecule has 0 saturated heterocycles. The van der Waals surface area contributed by atoms with Gasteiger partial charge in [-0.15, -0.1) is 11.8 Å². The van der Waals surface area contributed by atoms with Crippen LogP contribution in [0.1, 0.15) is 17.1 Å². The highest BCUT2D eigenvalue weighted by Crippen LogP contribution is 2.24. The second-order valence-electron chi connectivity index (χ2n) is 6.88. The lowest BCUT2D eigenvalue weighted by molar-refractivity contribution is -0.113. The fraction of sp³-hybridized carbons (Fsp3) is 0.182. The van der Waals surface area contributed by atoms with Crippen molar-refractivity contribution in [1.29, 1.82) is 0 Å². The Balaban J connectivity index is 1.48. The molecule has 0 unspecified atom stereocenters. The zero-order chi connectivity index (χ0) is 20.4. The van der Waals surface area contributed by atoms with Crippen LogP contribution >= 0.6 is 11.8 Å². The Kier molecular flexibility index (Phi) is 5.31. The molecule has 0 spiro atoms. The molecule has 0 bridgehead atoms. The average Bonchev–Trinajstić information content (AvgIpc) is 3.05. The fourth-order valence-corrected chi connectivity index (χ4v) is 3.87. The van der Waals surface area contributed by atoms with Gasteiger partial charge in [0.1, 0.15) is 5.82 Å². The fourth-order valence-electron chi connectivity index (χ4n) is 3.13. The molecule has 2 aromatic carbocycles. The zero-order valence-corrected chi connectivity index (χ0v) is 17.3. The molecule has 0 atom stereocenters.